The Kier molecular flexibility index (Phi) is 8.17. The first kappa shape index (κ1) is 25.2. The van der Waals surface area contributed by atoms with Crippen LogP contribution in [0.2, 0.25) is 5.02 Å². The van der Waals surface area contributed by atoms with E-state index in [1.165, 1.54) is 10.5 Å². The van der Waals surface area contributed by atoms with E-state index in [2.05, 4.69) is 15.8 Å². The molecule has 0 aliphatic rings. The van der Waals surface area contributed by atoms with Crippen molar-refractivity contribution in [3.8, 4) is 0 Å². The van der Waals surface area contributed by atoms with E-state index in [1.807, 2.05) is 6.07 Å². The molecule has 4 aromatic rings. The monoisotopic (exact) mass is 522 g/mol. The zero-order chi connectivity index (χ0) is 25.4. The first-order valence-corrected chi connectivity index (χ1v) is 12.8. The van der Waals surface area contributed by atoms with Crippen molar-refractivity contribution in [3.05, 3.63) is 119 Å². The molecule has 10 heteroatoms. The fourth-order valence-electron chi connectivity index (χ4n) is 3.32. The number of hydrogen-bond acceptors (Lipinski definition) is 5. The number of urea groups is 1. The van der Waals surface area contributed by atoms with Crippen LogP contribution in [0.5, 0.6) is 0 Å². The third kappa shape index (κ3) is 6.82. The van der Waals surface area contributed by atoms with Gasteiger partial charge < -0.3 is 9.73 Å². The number of hydrogen-bond donors (Lipinski definition) is 2. The molecule has 0 saturated carbocycles. The Morgan fingerprint density at radius 2 is 1.56 bits per heavy atom. The molecule has 0 radical (unpaired) electrons. The van der Waals surface area contributed by atoms with E-state index in [9.17, 15) is 13.2 Å². The lowest BCUT2D eigenvalue weighted by Gasteiger charge is -2.21. The number of furan rings is 1. The average Bonchev–Trinajstić information content (AvgIpc) is 3.33. The van der Waals surface area contributed by atoms with Gasteiger partial charge in [0, 0.05) is 17.3 Å². The molecule has 0 aliphatic carbocycles. The highest BCUT2D eigenvalue weighted by molar-refractivity contribution is 7.89. The molecule has 0 bridgehead atoms. The van der Waals surface area contributed by atoms with Gasteiger partial charge in [-0.3, -0.25) is 0 Å². The number of amides is 2. The zero-order valence-corrected chi connectivity index (χ0v) is 20.6. The van der Waals surface area contributed by atoms with Crippen molar-refractivity contribution in [2.75, 3.05) is 5.32 Å². The fraction of sp³-hybridized carbons (Fsp3) is 0.0769. The van der Waals surface area contributed by atoms with Crippen molar-refractivity contribution in [1.82, 2.24) is 9.73 Å². The van der Waals surface area contributed by atoms with Crippen molar-refractivity contribution in [2.45, 2.75) is 18.0 Å². The summed E-state index contributed by atoms with van der Waals surface area (Å²) < 4.78 is 33.9. The SMILES string of the molecule is O=C(N/N=C/c1ccc(CN(Cc2ccc(Cl)cc2)S(=O)(=O)c2ccccc2)o1)Nc1ccccc1. The summed E-state index contributed by atoms with van der Waals surface area (Å²) in [5.74, 6) is 0.771. The number of sulfonamides is 1. The van der Waals surface area contributed by atoms with Crippen molar-refractivity contribution in [2.24, 2.45) is 5.10 Å². The molecule has 4 rings (SSSR count). The third-order valence-electron chi connectivity index (χ3n) is 5.06. The maximum atomic E-state index is 13.4. The topological polar surface area (TPSA) is 104 Å². The Morgan fingerprint density at radius 1 is 0.889 bits per heavy atom. The molecule has 1 heterocycles. The number of carbonyl (C=O) groups is 1. The molecule has 3 aromatic carbocycles. The van der Waals surface area contributed by atoms with Crippen LogP contribution in [0, 0.1) is 0 Å². The molecule has 0 fully saturated rings. The molecule has 0 spiro atoms. The second-order valence-electron chi connectivity index (χ2n) is 7.71. The van der Waals surface area contributed by atoms with E-state index < -0.39 is 16.1 Å². The van der Waals surface area contributed by atoms with Crippen molar-refractivity contribution in [3.63, 3.8) is 0 Å². The number of nitrogens with one attached hydrogen (secondary N) is 2. The second kappa shape index (κ2) is 11.7. The number of nitrogens with zero attached hydrogens (tertiary/aromatic N) is 2. The summed E-state index contributed by atoms with van der Waals surface area (Å²) in [5, 5.41) is 7.09. The zero-order valence-electron chi connectivity index (χ0n) is 19.0. The number of halogens is 1. The maximum Gasteiger partial charge on any atom is 0.339 e. The summed E-state index contributed by atoms with van der Waals surface area (Å²) in [6, 6.07) is 27.0. The molecule has 2 N–H and O–H groups in total. The predicted octanol–water partition coefficient (Wildman–Crippen LogP) is 5.48. The first-order valence-electron chi connectivity index (χ1n) is 10.9. The van der Waals surface area contributed by atoms with E-state index in [1.54, 1.807) is 91.0 Å². The Labute approximate surface area is 214 Å². The molecule has 8 nitrogen and oxygen atoms in total. The summed E-state index contributed by atoms with van der Waals surface area (Å²) in [6.45, 7) is 0.120. The number of anilines is 1. The van der Waals surface area contributed by atoms with Crippen LogP contribution < -0.4 is 10.7 Å². The summed E-state index contributed by atoms with van der Waals surface area (Å²) in [6.07, 6.45) is 1.34. The van der Waals surface area contributed by atoms with E-state index in [0.717, 1.165) is 5.56 Å². The maximum absolute atomic E-state index is 13.4. The molecule has 2 amide bonds. The van der Waals surface area contributed by atoms with Gasteiger partial charge in [-0.1, -0.05) is 60.1 Å². The predicted molar refractivity (Wildman–Crippen MR) is 139 cm³/mol. The highest BCUT2D eigenvalue weighted by Gasteiger charge is 2.26. The summed E-state index contributed by atoms with van der Waals surface area (Å²) in [4.78, 5) is 12.1. The Bertz CT molecular complexity index is 1420. The molecular weight excluding hydrogens is 500 g/mol. The smallest absolute Gasteiger partial charge is 0.339 e. The standard InChI is InChI=1S/C26H23ClN4O4S/c27-21-13-11-20(12-14-21)18-31(36(33,34)25-9-5-2-6-10-25)19-24-16-15-23(35-24)17-28-30-26(32)29-22-7-3-1-4-8-22/h1-17H,18-19H2,(H2,29,30,32)/b28-17+. The Hall–Kier alpha value is -3.92. The molecule has 184 valence electrons. The van der Waals surface area contributed by atoms with Gasteiger partial charge in [-0.25, -0.2) is 18.6 Å². The van der Waals surface area contributed by atoms with Gasteiger partial charge in [0.05, 0.1) is 17.7 Å². The van der Waals surface area contributed by atoms with Crippen LogP contribution in [-0.2, 0) is 23.1 Å². The van der Waals surface area contributed by atoms with Crippen LogP contribution in [0.25, 0.3) is 0 Å². The minimum absolute atomic E-state index is 0.00435. The summed E-state index contributed by atoms with van der Waals surface area (Å²) in [5.41, 5.74) is 3.76. The first-order chi connectivity index (χ1) is 17.4. The van der Waals surface area contributed by atoms with E-state index in [0.29, 0.717) is 22.2 Å². The third-order valence-corrected chi connectivity index (χ3v) is 7.12. The number of carbonyl (C=O) groups excluding carboxylic acids is 1. The van der Waals surface area contributed by atoms with E-state index >= 15 is 0 Å². The summed E-state index contributed by atoms with van der Waals surface area (Å²) in [7, 11) is -3.81. The van der Waals surface area contributed by atoms with E-state index in [-0.39, 0.29) is 18.0 Å². The number of hydrazone groups is 1. The highest BCUT2D eigenvalue weighted by atomic mass is 35.5. The highest BCUT2D eigenvalue weighted by Crippen LogP contribution is 2.22. The summed E-state index contributed by atoms with van der Waals surface area (Å²) >= 11 is 5.98. The molecule has 0 aliphatic heterocycles. The van der Waals surface area contributed by atoms with Gasteiger partial charge in [-0.2, -0.15) is 9.41 Å². The van der Waals surface area contributed by atoms with Crippen LogP contribution in [-0.4, -0.2) is 25.0 Å². The van der Waals surface area contributed by atoms with E-state index in [4.69, 9.17) is 16.0 Å². The van der Waals surface area contributed by atoms with Gasteiger partial charge in [0.1, 0.15) is 11.5 Å². The minimum Gasteiger partial charge on any atom is -0.459 e. The van der Waals surface area contributed by atoms with Gasteiger partial charge in [-0.05, 0) is 54.1 Å². The largest absolute Gasteiger partial charge is 0.459 e. The van der Waals surface area contributed by atoms with Crippen LogP contribution in [0.15, 0.2) is 111 Å². The van der Waals surface area contributed by atoms with Crippen molar-refractivity contribution >= 4 is 39.6 Å². The molecular formula is C26H23ClN4O4S. The van der Waals surface area contributed by atoms with Crippen molar-refractivity contribution < 1.29 is 17.6 Å². The molecule has 36 heavy (non-hydrogen) atoms. The lowest BCUT2D eigenvalue weighted by atomic mass is 10.2. The lowest BCUT2D eigenvalue weighted by Crippen LogP contribution is -2.30. The average molecular weight is 523 g/mol. The van der Waals surface area contributed by atoms with Gasteiger partial charge in [0.2, 0.25) is 10.0 Å². The molecule has 0 unspecified atom stereocenters. The van der Waals surface area contributed by atoms with Crippen LogP contribution >= 0.6 is 11.6 Å². The van der Waals surface area contributed by atoms with Crippen LogP contribution in [0.4, 0.5) is 10.5 Å². The van der Waals surface area contributed by atoms with Crippen LogP contribution in [0.3, 0.4) is 0 Å². The van der Waals surface area contributed by atoms with Gasteiger partial charge >= 0.3 is 6.03 Å². The molecule has 0 atom stereocenters. The lowest BCUT2D eigenvalue weighted by molar-refractivity contribution is 0.252. The van der Waals surface area contributed by atoms with Gasteiger partial charge in [0.15, 0.2) is 0 Å². The number of para-hydroxylation sites is 1. The fourth-order valence-corrected chi connectivity index (χ4v) is 4.86. The number of rotatable bonds is 9. The Morgan fingerprint density at radius 3 is 2.25 bits per heavy atom. The minimum atomic E-state index is -3.81. The van der Waals surface area contributed by atoms with Crippen molar-refractivity contribution in [1.29, 1.82) is 0 Å². The second-order valence-corrected chi connectivity index (χ2v) is 10.1. The molecule has 0 saturated heterocycles. The van der Waals surface area contributed by atoms with Crippen LogP contribution in [0.1, 0.15) is 17.1 Å². The van der Waals surface area contributed by atoms with Gasteiger partial charge in [0.25, 0.3) is 0 Å². The normalized spacial score (nSPS) is 11.6. The number of benzene rings is 3. The quantitative estimate of drug-likeness (QED) is 0.224. The van der Waals surface area contributed by atoms with Gasteiger partial charge in [-0.15, -0.1) is 0 Å². The Balaban J connectivity index is 1.46. The molecule has 1 aromatic heterocycles.